The number of hydrogen-bond acceptors (Lipinski definition) is 4. The third kappa shape index (κ3) is 4.72. The first-order valence-electron chi connectivity index (χ1n) is 12.3. The van der Waals surface area contributed by atoms with E-state index < -0.39 is 11.7 Å². The van der Waals surface area contributed by atoms with Gasteiger partial charge in [-0.05, 0) is 59.7 Å². The highest BCUT2D eigenvalue weighted by Crippen LogP contribution is 2.38. The van der Waals surface area contributed by atoms with Crippen LogP contribution < -0.4 is 10.3 Å². The predicted molar refractivity (Wildman–Crippen MR) is 144 cm³/mol. The Bertz CT molecular complexity index is 1570. The molecule has 0 radical (unpaired) electrons. The molecule has 0 fully saturated rings. The number of benzene rings is 4. The molecule has 0 saturated carbocycles. The average Bonchev–Trinajstić information content (AvgIpc) is 3.57. The van der Waals surface area contributed by atoms with E-state index in [2.05, 4.69) is 14.9 Å². The van der Waals surface area contributed by atoms with Gasteiger partial charge in [0.2, 0.25) is 0 Å². The molecule has 1 aliphatic heterocycles. The van der Waals surface area contributed by atoms with Crippen LogP contribution in [0.2, 0.25) is 0 Å². The Labute approximate surface area is 217 Å². The monoisotopic (exact) mass is 511 g/mol. The van der Waals surface area contributed by atoms with Crippen molar-refractivity contribution in [3.05, 3.63) is 126 Å². The van der Waals surface area contributed by atoms with Crippen LogP contribution in [0.25, 0.3) is 11.0 Å². The number of nitrogens with one attached hydrogen (secondary N) is 1. The van der Waals surface area contributed by atoms with Gasteiger partial charge in [0.05, 0.1) is 47.0 Å². The minimum absolute atomic E-state index is 0.206. The van der Waals surface area contributed by atoms with Crippen molar-refractivity contribution in [2.24, 2.45) is 5.10 Å². The fourth-order valence-corrected chi connectivity index (χ4v) is 4.75. The van der Waals surface area contributed by atoms with E-state index in [1.54, 1.807) is 12.1 Å². The second kappa shape index (κ2) is 9.70. The van der Waals surface area contributed by atoms with Crippen molar-refractivity contribution in [2.75, 3.05) is 10.3 Å². The highest BCUT2D eigenvalue weighted by molar-refractivity contribution is 6.03. The van der Waals surface area contributed by atoms with Gasteiger partial charge in [-0.3, -0.25) is 5.01 Å². The molecule has 0 bridgehead atoms. The number of halogens is 3. The van der Waals surface area contributed by atoms with Crippen LogP contribution in [0.1, 0.15) is 29.2 Å². The van der Waals surface area contributed by atoms with Crippen LogP contribution in [0, 0.1) is 0 Å². The first-order chi connectivity index (χ1) is 18.5. The van der Waals surface area contributed by atoms with Crippen molar-refractivity contribution in [1.29, 1.82) is 0 Å². The molecule has 0 amide bonds. The van der Waals surface area contributed by atoms with Crippen molar-refractivity contribution in [2.45, 2.75) is 25.3 Å². The molecular weight excluding hydrogens is 487 g/mol. The topological polar surface area (TPSA) is 45.5 Å². The maximum absolute atomic E-state index is 13.1. The van der Waals surface area contributed by atoms with E-state index in [1.165, 1.54) is 0 Å². The highest BCUT2D eigenvalue weighted by atomic mass is 19.4. The van der Waals surface area contributed by atoms with Crippen LogP contribution in [0.3, 0.4) is 0 Å². The highest BCUT2D eigenvalue weighted by Gasteiger charge is 2.33. The van der Waals surface area contributed by atoms with Gasteiger partial charge >= 0.3 is 6.18 Å². The van der Waals surface area contributed by atoms with Gasteiger partial charge < -0.3 is 9.88 Å². The molecule has 0 saturated heterocycles. The Morgan fingerprint density at radius 3 is 2.26 bits per heavy atom. The molecule has 0 spiro atoms. The number of aromatic nitrogens is 2. The van der Waals surface area contributed by atoms with E-state index in [0.717, 1.165) is 51.4 Å². The number of imidazole rings is 1. The van der Waals surface area contributed by atoms with Crippen LogP contribution in [-0.4, -0.2) is 15.3 Å². The maximum atomic E-state index is 13.1. The van der Waals surface area contributed by atoms with E-state index in [4.69, 9.17) is 5.10 Å². The summed E-state index contributed by atoms with van der Waals surface area (Å²) >= 11 is 0. The zero-order chi connectivity index (χ0) is 26.1. The first kappa shape index (κ1) is 23.8. The summed E-state index contributed by atoms with van der Waals surface area (Å²) in [5, 5.41) is 10.2. The lowest BCUT2D eigenvalue weighted by molar-refractivity contribution is -0.137. The number of anilines is 2. The summed E-state index contributed by atoms with van der Waals surface area (Å²) in [6, 6.07) is 30.9. The van der Waals surface area contributed by atoms with E-state index in [1.807, 2.05) is 90.2 Å². The van der Waals surface area contributed by atoms with Gasteiger partial charge in [0.25, 0.3) is 0 Å². The van der Waals surface area contributed by atoms with Crippen LogP contribution in [0.15, 0.2) is 115 Å². The Balaban J connectivity index is 1.22. The summed E-state index contributed by atoms with van der Waals surface area (Å²) < 4.78 is 41.4. The van der Waals surface area contributed by atoms with E-state index in [0.29, 0.717) is 13.1 Å². The van der Waals surface area contributed by atoms with Crippen LogP contribution in [-0.2, 0) is 12.8 Å². The number of nitrogens with zero attached hydrogens (tertiary/aromatic N) is 4. The standard InChI is InChI=1S/C30H24F3N5/c31-30(32,33)23-14-10-22(11-15-23)29-18-27(36-38(29)25-6-2-1-3-7-25)21-12-16-24(17-13-21)34-19-37-20-35-26-8-4-5-9-28(26)37/h1-17,20,29,34H,18-19H2. The molecule has 4 aromatic carbocycles. The molecule has 5 nitrogen and oxygen atoms in total. The van der Waals surface area contributed by atoms with E-state index >= 15 is 0 Å². The lowest BCUT2D eigenvalue weighted by Gasteiger charge is -2.24. The normalized spacial score (nSPS) is 15.6. The average molecular weight is 512 g/mol. The number of rotatable bonds is 6. The molecule has 1 unspecified atom stereocenters. The molecule has 1 atom stereocenters. The molecule has 0 aliphatic carbocycles. The second-order valence-electron chi connectivity index (χ2n) is 9.18. The summed E-state index contributed by atoms with van der Waals surface area (Å²) in [7, 11) is 0. The molecule has 2 heterocycles. The Kier molecular flexibility index (Phi) is 6.07. The molecule has 5 aromatic rings. The number of fused-ring (bicyclic) bond motifs is 1. The lowest BCUT2D eigenvalue weighted by atomic mass is 9.97. The van der Waals surface area contributed by atoms with Gasteiger partial charge in [-0.2, -0.15) is 18.3 Å². The van der Waals surface area contributed by atoms with Crippen molar-refractivity contribution >= 4 is 28.1 Å². The molecule has 38 heavy (non-hydrogen) atoms. The fraction of sp³-hybridized carbons (Fsp3) is 0.133. The van der Waals surface area contributed by atoms with Crippen molar-refractivity contribution < 1.29 is 13.2 Å². The minimum atomic E-state index is -4.37. The summed E-state index contributed by atoms with van der Waals surface area (Å²) in [6.07, 6.45) is -1.97. The van der Waals surface area contributed by atoms with Crippen molar-refractivity contribution in [3.63, 3.8) is 0 Å². The maximum Gasteiger partial charge on any atom is 0.416 e. The van der Waals surface area contributed by atoms with Gasteiger partial charge in [0, 0.05) is 12.1 Å². The molecule has 8 heteroatoms. The zero-order valence-electron chi connectivity index (χ0n) is 20.3. The zero-order valence-corrected chi connectivity index (χ0v) is 20.3. The molecule has 1 aromatic heterocycles. The summed E-state index contributed by atoms with van der Waals surface area (Å²) in [5.74, 6) is 0. The largest absolute Gasteiger partial charge is 0.416 e. The smallest absolute Gasteiger partial charge is 0.367 e. The summed E-state index contributed by atoms with van der Waals surface area (Å²) in [4.78, 5) is 4.43. The van der Waals surface area contributed by atoms with Crippen molar-refractivity contribution in [1.82, 2.24) is 9.55 Å². The fourth-order valence-electron chi connectivity index (χ4n) is 4.75. The molecule has 6 rings (SSSR count). The molecule has 1 aliphatic rings. The summed E-state index contributed by atoms with van der Waals surface area (Å²) in [5.41, 5.74) is 5.85. The molecule has 190 valence electrons. The molecule has 1 N–H and O–H groups in total. The van der Waals surface area contributed by atoms with Crippen LogP contribution in [0.5, 0.6) is 0 Å². The Hall–Kier alpha value is -4.59. The van der Waals surface area contributed by atoms with Gasteiger partial charge in [0.1, 0.15) is 0 Å². The SMILES string of the molecule is FC(F)(F)c1ccc(C2CC(c3ccc(NCn4cnc5ccccc54)cc3)=NN2c2ccccc2)cc1. The van der Waals surface area contributed by atoms with E-state index in [-0.39, 0.29) is 6.04 Å². The third-order valence-electron chi connectivity index (χ3n) is 6.75. The lowest BCUT2D eigenvalue weighted by Crippen LogP contribution is -2.18. The number of hydrazone groups is 1. The Morgan fingerprint density at radius 1 is 0.816 bits per heavy atom. The van der Waals surface area contributed by atoms with Gasteiger partial charge in [-0.25, -0.2) is 4.98 Å². The minimum Gasteiger partial charge on any atom is -0.367 e. The number of hydrogen-bond donors (Lipinski definition) is 1. The number of para-hydroxylation sites is 3. The van der Waals surface area contributed by atoms with Crippen molar-refractivity contribution in [3.8, 4) is 0 Å². The van der Waals surface area contributed by atoms with Gasteiger partial charge in [-0.1, -0.05) is 54.6 Å². The summed E-state index contributed by atoms with van der Waals surface area (Å²) in [6.45, 7) is 0.582. The number of alkyl halides is 3. The van der Waals surface area contributed by atoms with Crippen LogP contribution >= 0.6 is 0 Å². The third-order valence-corrected chi connectivity index (χ3v) is 6.75. The second-order valence-corrected chi connectivity index (χ2v) is 9.18. The first-order valence-corrected chi connectivity index (χ1v) is 12.3. The predicted octanol–water partition coefficient (Wildman–Crippen LogP) is 7.48. The van der Waals surface area contributed by atoms with Crippen LogP contribution in [0.4, 0.5) is 24.5 Å². The van der Waals surface area contributed by atoms with E-state index in [9.17, 15) is 13.2 Å². The Morgan fingerprint density at radius 2 is 1.53 bits per heavy atom. The quantitative estimate of drug-likeness (QED) is 0.257. The molecular formula is C30H24F3N5. The van der Waals surface area contributed by atoms with Gasteiger partial charge in [-0.15, -0.1) is 0 Å². The van der Waals surface area contributed by atoms with Gasteiger partial charge in [0.15, 0.2) is 0 Å².